The van der Waals surface area contributed by atoms with Gasteiger partial charge >= 0.3 is 0 Å². The third-order valence-corrected chi connectivity index (χ3v) is 4.48. The van der Waals surface area contributed by atoms with Gasteiger partial charge in [-0.2, -0.15) is 0 Å². The van der Waals surface area contributed by atoms with Crippen molar-refractivity contribution in [2.45, 2.75) is 58.9 Å². The van der Waals surface area contributed by atoms with Gasteiger partial charge in [0.15, 0.2) is 0 Å². The molecule has 1 aliphatic heterocycles. The molecule has 88 valence electrons. The standard InChI is InChI=1S/C14H27N/c1-11(2)9-13-7-8-15(10-12(13)3)14-5-4-6-14/h11-14H,4-10H2,1-3H3/t12-,13+/m1/s1. The SMILES string of the molecule is CC(C)C[C@@H]1CCN(C2CCC2)C[C@H]1C. The van der Waals surface area contributed by atoms with Crippen LogP contribution in [0.2, 0.25) is 0 Å². The monoisotopic (exact) mass is 209 g/mol. The average Bonchev–Trinajstić information content (AvgIpc) is 2.06. The summed E-state index contributed by atoms with van der Waals surface area (Å²) in [6, 6.07) is 0.965. The molecule has 1 heteroatoms. The van der Waals surface area contributed by atoms with E-state index in [2.05, 4.69) is 25.7 Å². The Kier molecular flexibility index (Phi) is 3.71. The lowest BCUT2D eigenvalue weighted by molar-refractivity contribution is 0.0471. The Morgan fingerprint density at radius 2 is 1.93 bits per heavy atom. The molecule has 0 N–H and O–H groups in total. The van der Waals surface area contributed by atoms with Crippen LogP contribution in [-0.4, -0.2) is 24.0 Å². The molecule has 0 aromatic rings. The molecule has 0 bridgehead atoms. The van der Waals surface area contributed by atoms with Gasteiger partial charge in [-0.3, -0.25) is 0 Å². The van der Waals surface area contributed by atoms with Crippen LogP contribution in [0.4, 0.5) is 0 Å². The smallest absolute Gasteiger partial charge is 0.00953 e. The Morgan fingerprint density at radius 1 is 1.20 bits per heavy atom. The van der Waals surface area contributed by atoms with Gasteiger partial charge in [-0.15, -0.1) is 0 Å². The summed E-state index contributed by atoms with van der Waals surface area (Å²) in [5, 5.41) is 0. The van der Waals surface area contributed by atoms with Gasteiger partial charge in [-0.1, -0.05) is 27.2 Å². The Hall–Kier alpha value is -0.0400. The molecule has 2 aliphatic rings. The van der Waals surface area contributed by atoms with E-state index in [9.17, 15) is 0 Å². The predicted octanol–water partition coefficient (Wildman–Crippen LogP) is 3.54. The van der Waals surface area contributed by atoms with E-state index in [4.69, 9.17) is 0 Å². The van der Waals surface area contributed by atoms with Crippen molar-refractivity contribution in [3.8, 4) is 0 Å². The molecule has 0 amide bonds. The Bertz CT molecular complexity index is 196. The predicted molar refractivity (Wildman–Crippen MR) is 65.9 cm³/mol. The van der Waals surface area contributed by atoms with E-state index in [1.807, 2.05) is 0 Å². The lowest BCUT2D eigenvalue weighted by Gasteiger charge is -2.45. The first-order valence-corrected chi connectivity index (χ1v) is 6.91. The first-order chi connectivity index (χ1) is 7.16. The van der Waals surface area contributed by atoms with Crippen molar-refractivity contribution >= 4 is 0 Å². The number of piperidine rings is 1. The van der Waals surface area contributed by atoms with Gasteiger partial charge in [0.1, 0.15) is 0 Å². The minimum atomic E-state index is 0.882. The van der Waals surface area contributed by atoms with Crippen molar-refractivity contribution in [1.29, 1.82) is 0 Å². The zero-order valence-corrected chi connectivity index (χ0v) is 10.7. The fourth-order valence-corrected chi connectivity index (χ4v) is 3.27. The second-order valence-corrected chi connectivity index (χ2v) is 6.24. The molecule has 2 rings (SSSR count). The summed E-state index contributed by atoms with van der Waals surface area (Å²) in [7, 11) is 0. The van der Waals surface area contributed by atoms with Gasteiger partial charge in [0.2, 0.25) is 0 Å². The minimum Gasteiger partial charge on any atom is -0.300 e. The average molecular weight is 209 g/mol. The highest BCUT2D eigenvalue weighted by atomic mass is 15.2. The van der Waals surface area contributed by atoms with Crippen molar-refractivity contribution in [3.05, 3.63) is 0 Å². The van der Waals surface area contributed by atoms with Crippen molar-refractivity contribution in [2.75, 3.05) is 13.1 Å². The fraction of sp³-hybridized carbons (Fsp3) is 1.00. The van der Waals surface area contributed by atoms with Crippen molar-refractivity contribution in [1.82, 2.24) is 4.90 Å². The number of hydrogen-bond donors (Lipinski definition) is 0. The van der Waals surface area contributed by atoms with Crippen LogP contribution in [0, 0.1) is 17.8 Å². The summed E-state index contributed by atoms with van der Waals surface area (Å²) in [4.78, 5) is 2.77. The highest BCUT2D eigenvalue weighted by Gasteiger charge is 2.32. The largest absolute Gasteiger partial charge is 0.300 e. The highest BCUT2D eigenvalue weighted by Crippen LogP contribution is 2.33. The van der Waals surface area contributed by atoms with Crippen molar-refractivity contribution in [3.63, 3.8) is 0 Å². The molecule has 1 saturated carbocycles. The minimum absolute atomic E-state index is 0.882. The van der Waals surface area contributed by atoms with Crippen LogP contribution in [0.25, 0.3) is 0 Å². The lowest BCUT2D eigenvalue weighted by atomic mass is 9.79. The van der Waals surface area contributed by atoms with Crippen molar-refractivity contribution in [2.24, 2.45) is 17.8 Å². The van der Waals surface area contributed by atoms with E-state index in [-0.39, 0.29) is 0 Å². The molecule has 0 spiro atoms. The summed E-state index contributed by atoms with van der Waals surface area (Å²) >= 11 is 0. The maximum Gasteiger partial charge on any atom is 0.00953 e. The van der Waals surface area contributed by atoms with Gasteiger partial charge in [0, 0.05) is 12.6 Å². The van der Waals surface area contributed by atoms with Crippen LogP contribution >= 0.6 is 0 Å². The Morgan fingerprint density at radius 3 is 2.40 bits per heavy atom. The van der Waals surface area contributed by atoms with E-state index in [1.165, 1.54) is 45.2 Å². The summed E-state index contributed by atoms with van der Waals surface area (Å²) in [5.41, 5.74) is 0. The first-order valence-electron chi connectivity index (χ1n) is 6.91. The summed E-state index contributed by atoms with van der Waals surface area (Å²) in [6.45, 7) is 9.96. The molecular formula is C14H27N. The third-order valence-electron chi connectivity index (χ3n) is 4.48. The number of nitrogens with zero attached hydrogens (tertiary/aromatic N) is 1. The fourth-order valence-electron chi connectivity index (χ4n) is 3.27. The van der Waals surface area contributed by atoms with Gasteiger partial charge in [0.05, 0.1) is 0 Å². The van der Waals surface area contributed by atoms with Crippen molar-refractivity contribution < 1.29 is 0 Å². The van der Waals surface area contributed by atoms with Gasteiger partial charge in [-0.05, 0) is 50.0 Å². The molecule has 2 atom stereocenters. The summed E-state index contributed by atoms with van der Waals surface area (Å²) in [5.74, 6) is 2.82. The topological polar surface area (TPSA) is 3.24 Å². The number of likely N-dealkylation sites (tertiary alicyclic amines) is 1. The highest BCUT2D eigenvalue weighted by molar-refractivity contribution is 4.86. The Balaban J connectivity index is 1.79. The molecule has 0 aromatic carbocycles. The van der Waals surface area contributed by atoms with Crippen LogP contribution in [-0.2, 0) is 0 Å². The normalized spacial score (nSPS) is 34.4. The van der Waals surface area contributed by atoms with E-state index in [0.29, 0.717) is 0 Å². The molecule has 1 aliphatic carbocycles. The zero-order valence-electron chi connectivity index (χ0n) is 10.7. The Labute approximate surface area is 95.2 Å². The van der Waals surface area contributed by atoms with E-state index >= 15 is 0 Å². The van der Waals surface area contributed by atoms with E-state index in [0.717, 1.165) is 23.8 Å². The molecule has 0 aromatic heterocycles. The lowest BCUT2D eigenvalue weighted by Crippen LogP contribution is -2.48. The molecule has 15 heavy (non-hydrogen) atoms. The van der Waals surface area contributed by atoms with Gasteiger partial charge in [-0.25, -0.2) is 0 Å². The molecule has 1 heterocycles. The number of rotatable bonds is 3. The molecule has 1 nitrogen and oxygen atoms in total. The molecular weight excluding hydrogens is 182 g/mol. The van der Waals surface area contributed by atoms with Crippen LogP contribution in [0.3, 0.4) is 0 Å². The number of hydrogen-bond acceptors (Lipinski definition) is 1. The van der Waals surface area contributed by atoms with E-state index in [1.54, 1.807) is 0 Å². The zero-order chi connectivity index (χ0) is 10.8. The quantitative estimate of drug-likeness (QED) is 0.687. The van der Waals surface area contributed by atoms with Crippen LogP contribution < -0.4 is 0 Å². The summed E-state index contributed by atoms with van der Waals surface area (Å²) < 4.78 is 0. The molecule has 0 radical (unpaired) electrons. The van der Waals surface area contributed by atoms with Crippen LogP contribution in [0.15, 0.2) is 0 Å². The van der Waals surface area contributed by atoms with Gasteiger partial charge < -0.3 is 4.90 Å². The molecule has 0 unspecified atom stereocenters. The maximum absolute atomic E-state index is 2.77. The van der Waals surface area contributed by atoms with E-state index < -0.39 is 0 Å². The van der Waals surface area contributed by atoms with Gasteiger partial charge in [0.25, 0.3) is 0 Å². The maximum atomic E-state index is 2.77. The summed E-state index contributed by atoms with van der Waals surface area (Å²) in [6.07, 6.45) is 7.32. The van der Waals surface area contributed by atoms with Crippen LogP contribution in [0.1, 0.15) is 52.9 Å². The molecule has 2 fully saturated rings. The molecule has 1 saturated heterocycles. The third kappa shape index (κ3) is 2.75. The van der Waals surface area contributed by atoms with Crippen LogP contribution in [0.5, 0.6) is 0 Å². The first kappa shape index (κ1) is 11.4. The second-order valence-electron chi connectivity index (χ2n) is 6.24. The second kappa shape index (κ2) is 4.86.